The molecule has 1 aliphatic heterocycles. The smallest absolute Gasteiger partial charge is 0.266 e. The van der Waals surface area contributed by atoms with Crippen LogP contribution in [-0.2, 0) is 9.59 Å². The van der Waals surface area contributed by atoms with Gasteiger partial charge in [0.05, 0.1) is 11.3 Å². The number of anilines is 1. The standard InChI is InChI=1S/C16H9Cl2NO2/c17-11-3-1-10(2-4-11)14-9-15(20)19(16(14)21)13-7-5-12(18)6-8-13/h1-9H. The second-order valence-corrected chi connectivity index (χ2v) is 5.39. The van der Waals surface area contributed by atoms with E-state index >= 15 is 0 Å². The summed E-state index contributed by atoms with van der Waals surface area (Å²) in [6, 6.07) is 13.3. The minimum Gasteiger partial charge on any atom is -0.269 e. The number of benzene rings is 2. The SMILES string of the molecule is O=C1C=C(c2ccc(Cl)cc2)C(=O)N1c1ccc(Cl)cc1. The van der Waals surface area contributed by atoms with Gasteiger partial charge in [-0.1, -0.05) is 35.3 Å². The third-order valence-electron chi connectivity index (χ3n) is 3.16. The molecule has 0 N–H and O–H groups in total. The van der Waals surface area contributed by atoms with Crippen molar-refractivity contribution in [2.24, 2.45) is 0 Å². The van der Waals surface area contributed by atoms with Crippen molar-refractivity contribution in [2.75, 3.05) is 4.90 Å². The van der Waals surface area contributed by atoms with E-state index < -0.39 is 0 Å². The predicted molar refractivity (Wildman–Crippen MR) is 83.4 cm³/mol. The maximum absolute atomic E-state index is 12.5. The van der Waals surface area contributed by atoms with Gasteiger partial charge in [0.2, 0.25) is 0 Å². The van der Waals surface area contributed by atoms with Crippen molar-refractivity contribution in [2.45, 2.75) is 0 Å². The molecule has 0 atom stereocenters. The van der Waals surface area contributed by atoms with Crippen LogP contribution in [0.15, 0.2) is 54.6 Å². The molecular weight excluding hydrogens is 309 g/mol. The molecule has 0 fully saturated rings. The van der Waals surface area contributed by atoms with E-state index in [4.69, 9.17) is 23.2 Å². The summed E-state index contributed by atoms with van der Waals surface area (Å²) < 4.78 is 0. The first-order chi connectivity index (χ1) is 10.1. The summed E-state index contributed by atoms with van der Waals surface area (Å²) in [6.45, 7) is 0. The van der Waals surface area contributed by atoms with Crippen molar-refractivity contribution in [1.29, 1.82) is 0 Å². The first kappa shape index (κ1) is 13.9. The number of hydrogen-bond acceptors (Lipinski definition) is 2. The highest BCUT2D eigenvalue weighted by atomic mass is 35.5. The van der Waals surface area contributed by atoms with E-state index in [0.717, 1.165) is 4.90 Å². The predicted octanol–water partition coefficient (Wildman–Crippen LogP) is 3.95. The zero-order valence-corrected chi connectivity index (χ0v) is 12.2. The molecule has 21 heavy (non-hydrogen) atoms. The molecule has 104 valence electrons. The first-order valence-corrected chi connectivity index (χ1v) is 6.93. The van der Waals surface area contributed by atoms with Crippen LogP contribution in [-0.4, -0.2) is 11.8 Å². The van der Waals surface area contributed by atoms with Crippen LogP contribution in [0.2, 0.25) is 10.0 Å². The molecule has 2 aromatic carbocycles. The van der Waals surface area contributed by atoms with Gasteiger partial charge in [0.25, 0.3) is 11.8 Å². The number of hydrogen-bond donors (Lipinski definition) is 0. The summed E-state index contributed by atoms with van der Waals surface area (Å²) in [5.41, 5.74) is 1.51. The Morgan fingerprint density at radius 3 is 1.86 bits per heavy atom. The number of rotatable bonds is 2. The van der Waals surface area contributed by atoms with E-state index in [2.05, 4.69) is 0 Å². The van der Waals surface area contributed by atoms with E-state index in [1.807, 2.05) is 0 Å². The Balaban J connectivity index is 1.95. The number of nitrogens with zero attached hydrogens (tertiary/aromatic N) is 1. The molecule has 3 nitrogen and oxygen atoms in total. The summed E-state index contributed by atoms with van der Waals surface area (Å²) in [4.78, 5) is 25.7. The fraction of sp³-hybridized carbons (Fsp3) is 0. The molecule has 2 amide bonds. The maximum Gasteiger partial charge on any atom is 0.266 e. The van der Waals surface area contributed by atoms with Gasteiger partial charge in [-0.2, -0.15) is 0 Å². The topological polar surface area (TPSA) is 37.4 Å². The monoisotopic (exact) mass is 317 g/mol. The first-order valence-electron chi connectivity index (χ1n) is 6.18. The van der Waals surface area contributed by atoms with Crippen LogP contribution in [0.4, 0.5) is 5.69 Å². The third kappa shape index (κ3) is 2.58. The summed E-state index contributed by atoms with van der Waals surface area (Å²) in [5, 5.41) is 1.12. The lowest BCUT2D eigenvalue weighted by atomic mass is 10.1. The van der Waals surface area contributed by atoms with Crippen LogP contribution in [0.1, 0.15) is 5.56 Å². The van der Waals surface area contributed by atoms with E-state index in [1.54, 1.807) is 48.5 Å². The largest absolute Gasteiger partial charge is 0.269 e. The Morgan fingerprint density at radius 2 is 1.29 bits per heavy atom. The maximum atomic E-state index is 12.5. The van der Waals surface area contributed by atoms with Crippen LogP contribution in [0, 0.1) is 0 Å². The third-order valence-corrected chi connectivity index (χ3v) is 3.67. The van der Waals surface area contributed by atoms with Crippen LogP contribution in [0.25, 0.3) is 5.57 Å². The van der Waals surface area contributed by atoms with Crippen molar-refractivity contribution in [1.82, 2.24) is 0 Å². The summed E-state index contributed by atoms with van der Waals surface area (Å²) >= 11 is 11.6. The number of carbonyl (C=O) groups excluding carboxylic acids is 2. The summed E-state index contributed by atoms with van der Waals surface area (Å²) in [5.74, 6) is -0.725. The average Bonchev–Trinajstić information content (AvgIpc) is 2.76. The fourth-order valence-corrected chi connectivity index (χ4v) is 2.39. The number of imide groups is 1. The molecule has 0 unspecified atom stereocenters. The molecule has 1 heterocycles. The van der Waals surface area contributed by atoms with Crippen LogP contribution in [0.5, 0.6) is 0 Å². The Labute approximate surface area is 131 Å². The van der Waals surface area contributed by atoms with E-state index in [9.17, 15) is 9.59 Å². The summed E-state index contributed by atoms with van der Waals surface area (Å²) in [6.07, 6.45) is 1.33. The van der Waals surface area contributed by atoms with Gasteiger partial charge in [0.1, 0.15) is 0 Å². The molecule has 0 aromatic heterocycles. The van der Waals surface area contributed by atoms with Gasteiger partial charge in [-0.25, -0.2) is 4.90 Å². The number of amides is 2. The molecule has 0 spiro atoms. The second-order valence-electron chi connectivity index (χ2n) is 4.52. The Bertz CT molecular complexity index is 749. The minimum atomic E-state index is -0.368. The van der Waals surface area contributed by atoms with Gasteiger partial charge in [0.15, 0.2) is 0 Å². The van der Waals surface area contributed by atoms with Crippen molar-refractivity contribution in [3.05, 3.63) is 70.2 Å². The van der Waals surface area contributed by atoms with Crippen LogP contribution < -0.4 is 4.90 Å². The molecule has 0 radical (unpaired) electrons. The second kappa shape index (κ2) is 5.35. The highest BCUT2D eigenvalue weighted by molar-refractivity contribution is 6.43. The van der Waals surface area contributed by atoms with Gasteiger partial charge in [-0.3, -0.25) is 9.59 Å². The molecule has 3 rings (SSSR count). The zero-order valence-electron chi connectivity index (χ0n) is 10.7. The summed E-state index contributed by atoms with van der Waals surface area (Å²) in [7, 11) is 0. The average molecular weight is 318 g/mol. The minimum absolute atomic E-state index is 0.353. The highest BCUT2D eigenvalue weighted by Gasteiger charge is 2.32. The quantitative estimate of drug-likeness (QED) is 0.786. The highest BCUT2D eigenvalue weighted by Crippen LogP contribution is 2.29. The number of halogens is 2. The van der Waals surface area contributed by atoms with E-state index in [0.29, 0.717) is 26.9 Å². The lowest BCUT2D eigenvalue weighted by Crippen LogP contribution is -2.30. The van der Waals surface area contributed by atoms with Gasteiger partial charge in [-0.05, 0) is 42.0 Å². The molecule has 2 aromatic rings. The van der Waals surface area contributed by atoms with Crippen LogP contribution in [0.3, 0.4) is 0 Å². The lowest BCUT2D eigenvalue weighted by molar-refractivity contribution is -0.119. The molecule has 0 bridgehead atoms. The lowest BCUT2D eigenvalue weighted by Gasteiger charge is -2.15. The molecule has 0 aliphatic carbocycles. The Morgan fingerprint density at radius 1 is 0.762 bits per heavy atom. The van der Waals surface area contributed by atoms with E-state index in [-0.39, 0.29) is 11.8 Å². The van der Waals surface area contributed by atoms with Crippen molar-refractivity contribution in [3.63, 3.8) is 0 Å². The molecule has 0 saturated heterocycles. The molecule has 0 saturated carbocycles. The molecular formula is C16H9Cl2NO2. The van der Waals surface area contributed by atoms with Crippen LogP contribution >= 0.6 is 23.2 Å². The van der Waals surface area contributed by atoms with Gasteiger partial charge in [-0.15, -0.1) is 0 Å². The van der Waals surface area contributed by atoms with Crippen molar-refractivity contribution >= 4 is 46.3 Å². The van der Waals surface area contributed by atoms with Gasteiger partial charge < -0.3 is 0 Å². The van der Waals surface area contributed by atoms with Gasteiger partial charge in [0, 0.05) is 16.1 Å². The molecule has 5 heteroatoms. The van der Waals surface area contributed by atoms with Crippen molar-refractivity contribution in [3.8, 4) is 0 Å². The van der Waals surface area contributed by atoms with E-state index in [1.165, 1.54) is 6.08 Å². The van der Waals surface area contributed by atoms with Crippen molar-refractivity contribution < 1.29 is 9.59 Å². The Hall–Kier alpha value is -2.10. The Kier molecular flexibility index (Phi) is 3.53. The van der Waals surface area contributed by atoms with Gasteiger partial charge >= 0.3 is 0 Å². The normalized spacial score (nSPS) is 14.6. The molecule has 1 aliphatic rings. The number of carbonyl (C=O) groups is 2. The fourth-order valence-electron chi connectivity index (χ4n) is 2.14. The zero-order chi connectivity index (χ0) is 15.0.